The molecule has 1 aromatic heterocycles. The number of piperazine rings is 1. The molecular weight excluding hydrogens is 482 g/mol. The van der Waals surface area contributed by atoms with Crippen molar-refractivity contribution in [3.8, 4) is 11.3 Å². The number of hydrogen-bond donors (Lipinski definition) is 0. The van der Waals surface area contributed by atoms with E-state index in [0.717, 1.165) is 12.1 Å². The average Bonchev–Trinajstić information content (AvgIpc) is 3.46. The Bertz CT molecular complexity index is 1320. The summed E-state index contributed by atoms with van der Waals surface area (Å²) in [6.07, 6.45) is -2.81. The van der Waals surface area contributed by atoms with Gasteiger partial charge in [-0.2, -0.15) is 18.2 Å². The molecule has 5 rings (SSSR count). The van der Waals surface area contributed by atoms with Gasteiger partial charge in [0.2, 0.25) is 0 Å². The molecule has 0 unspecified atom stereocenters. The zero-order valence-corrected chi connectivity index (χ0v) is 19.1. The first-order valence-corrected chi connectivity index (χ1v) is 11.6. The van der Waals surface area contributed by atoms with E-state index in [1.54, 1.807) is 42.5 Å². The van der Waals surface area contributed by atoms with Gasteiger partial charge < -0.3 is 14.2 Å². The molecule has 180 valence electrons. The molecule has 0 saturated carbocycles. The third-order valence-corrected chi connectivity index (χ3v) is 6.78. The maximum absolute atomic E-state index is 14.0. The van der Waals surface area contributed by atoms with Crippen molar-refractivity contribution in [1.82, 2.24) is 4.90 Å². The smallest absolute Gasteiger partial charge is 0.416 e. The van der Waals surface area contributed by atoms with Crippen LogP contribution in [0.4, 0.5) is 23.2 Å². The van der Waals surface area contributed by atoms with Crippen molar-refractivity contribution in [3.05, 3.63) is 82.7 Å². The number of amidine groups is 1. The van der Waals surface area contributed by atoms with Crippen LogP contribution < -0.4 is 4.90 Å². The summed E-state index contributed by atoms with van der Waals surface area (Å²) < 4.78 is 58.8. The first kappa shape index (κ1) is 23.2. The number of benzene rings is 2. The van der Waals surface area contributed by atoms with Gasteiger partial charge in [-0.25, -0.2) is 4.39 Å². The Labute approximate surface area is 202 Å². The standard InChI is InChI=1S/C25H19F4N3O2S/c26-20-7-2-1-6-19(20)21-9-8-18(34-21)15-22-23(33)30-24(35-22)32-12-10-31(11-13-32)17-5-3-4-16(14-17)25(27,28)29/h1-9,14-15H,10-13H2. The molecule has 0 N–H and O–H groups in total. The van der Waals surface area contributed by atoms with E-state index in [4.69, 9.17) is 4.42 Å². The second-order valence-corrected chi connectivity index (χ2v) is 9.02. The van der Waals surface area contributed by atoms with Gasteiger partial charge in [0.05, 0.1) is 16.0 Å². The Morgan fingerprint density at radius 2 is 1.69 bits per heavy atom. The Morgan fingerprint density at radius 3 is 2.43 bits per heavy atom. The van der Waals surface area contributed by atoms with Gasteiger partial charge >= 0.3 is 6.18 Å². The highest BCUT2D eigenvalue weighted by Gasteiger charge is 2.32. The second kappa shape index (κ2) is 9.26. The van der Waals surface area contributed by atoms with E-state index in [0.29, 0.717) is 59.0 Å². The summed E-state index contributed by atoms with van der Waals surface area (Å²) >= 11 is 1.22. The molecule has 2 aromatic carbocycles. The maximum atomic E-state index is 14.0. The van der Waals surface area contributed by atoms with E-state index in [2.05, 4.69) is 4.99 Å². The number of furan rings is 1. The monoisotopic (exact) mass is 501 g/mol. The summed E-state index contributed by atoms with van der Waals surface area (Å²) in [5.41, 5.74) is 0.170. The minimum absolute atomic E-state index is 0.332. The average molecular weight is 502 g/mol. The number of aliphatic imine (C=N–C) groups is 1. The summed E-state index contributed by atoms with van der Waals surface area (Å²) in [5.74, 6) is -0.0291. The number of nitrogens with zero attached hydrogens (tertiary/aromatic N) is 3. The van der Waals surface area contributed by atoms with Crippen LogP contribution in [0.2, 0.25) is 0 Å². The van der Waals surface area contributed by atoms with Gasteiger partial charge in [-0.1, -0.05) is 18.2 Å². The summed E-state index contributed by atoms with van der Waals surface area (Å²) in [7, 11) is 0. The Morgan fingerprint density at radius 1 is 0.943 bits per heavy atom. The number of anilines is 1. The largest absolute Gasteiger partial charge is 0.457 e. The Hall–Kier alpha value is -3.53. The molecule has 0 bridgehead atoms. The third-order valence-electron chi connectivity index (χ3n) is 5.74. The molecule has 3 heterocycles. The van der Waals surface area contributed by atoms with E-state index in [1.807, 2.05) is 9.80 Å². The molecule has 10 heteroatoms. The van der Waals surface area contributed by atoms with E-state index in [9.17, 15) is 22.4 Å². The van der Waals surface area contributed by atoms with E-state index in [1.165, 1.54) is 23.9 Å². The van der Waals surface area contributed by atoms with Crippen LogP contribution in [0.1, 0.15) is 11.3 Å². The minimum atomic E-state index is -4.39. The van der Waals surface area contributed by atoms with Crippen molar-refractivity contribution in [2.75, 3.05) is 31.1 Å². The SMILES string of the molecule is O=C1N=C(N2CCN(c3cccc(C(F)(F)F)c3)CC2)SC1=Cc1ccc(-c2ccccc2F)o1. The van der Waals surface area contributed by atoms with Crippen molar-refractivity contribution < 1.29 is 26.8 Å². The fraction of sp³-hybridized carbons (Fsp3) is 0.200. The van der Waals surface area contributed by atoms with Gasteiger partial charge in [-0.05, 0) is 54.2 Å². The molecule has 3 aromatic rings. The van der Waals surface area contributed by atoms with E-state index >= 15 is 0 Å². The number of halogens is 4. The Kier molecular flexibility index (Phi) is 6.14. The molecule has 35 heavy (non-hydrogen) atoms. The van der Waals surface area contributed by atoms with Crippen molar-refractivity contribution >= 4 is 34.6 Å². The van der Waals surface area contributed by atoms with Gasteiger partial charge in [0.1, 0.15) is 17.3 Å². The molecule has 1 fully saturated rings. The molecule has 1 amide bonds. The molecule has 0 spiro atoms. The summed E-state index contributed by atoms with van der Waals surface area (Å²) in [6, 6.07) is 14.8. The van der Waals surface area contributed by atoms with Crippen LogP contribution in [0, 0.1) is 5.82 Å². The van der Waals surface area contributed by atoms with Gasteiger partial charge in [0.15, 0.2) is 5.17 Å². The Balaban J connectivity index is 1.23. The molecule has 0 radical (unpaired) electrons. The molecule has 5 nitrogen and oxygen atoms in total. The van der Waals surface area contributed by atoms with Crippen molar-refractivity contribution in [2.24, 2.45) is 4.99 Å². The van der Waals surface area contributed by atoms with Crippen LogP contribution in [0.3, 0.4) is 0 Å². The number of carbonyl (C=O) groups is 1. The minimum Gasteiger partial charge on any atom is -0.457 e. The van der Waals surface area contributed by atoms with Crippen LogP contribution in [-0.4, -0.2) is 42.2 Å². The lowest BCUT2D eigenvalue weighted by atomic mass is 10.1. The van der Waals surface area contributed by atoms with Gasteiger partial charge in [-0.15, -0.1) is 0 Å². The predicted molar refractivity (Wildman–Crippen MR) is 127 cm³/mol. The van der Waals surface area contributed by atoms with Crippen molar-refractivity contribution in [2.45, 2.75) is 6.18 Å². The number of amides is 1. The molecule has 2 aliphatic heterocycles. The summed E-state index contributed by atoms with van der Waals surface area (Å²) in [4.78, 5) is 20.8. The summed E-state index contributed by atoms with van der Waals surface area (Å²) in [5, 5.41) is 0.547. The van der Waals surface area contributed by atoms with Crippen LogP contribution in [0.5, 0.6) is 0 Å². The first-order valence-electron chi connectivity index (χ1n) is 10.8. The zero-order chi connectivity index (χ0) is 24.6. The maximum Gasteiger partial charge on any atom is 0.416 e. The summed E-state index contributed by atoms with van der Waals surface area (Å²) in [6.45, 7) is 2.03. The molecule has 1 saturated heterocycles. The highest BCUT2D eigenvalue weighted by atomic mass is 32.2. The highest BCUT2D eigenvalue weighted by molar-refractivity contribution is 8.18. The molecule has 0 aliphatic carbocycles. The number of thioether (sulfide) groups is 1. The fourth-order valence-electron chi connectivity index (χ4n) is 3.93. The van der Waals surface area contributed by atoms with E-state index < -0.39 is 23.5 Å². The first-order chi connectivity index (χ1) is 16.8. The topological polar surface area (TPSA) is 49.1 Å². The van der Waals surface area contributed by atoms with Crippen LogP contribution in [0.15, 0.2) is 75.0 Å². The normalized spacial score (nSPS) is 17.9. The zero-order valence-electron chi connectivity index (χ0n) is 18.3. The number of carbonyl (C=O) groups excluding carboxylic acids is 1. The second-order valence-electron chi connectivity index (χ2n) is 8.01. The number of rotatable bonds is 3. The van der Waals surface area contributed by atoms with Crippen molar-refractivity contribution in [1.29, 1.82) is 0 Å². The van der Waals surface area contributed by atoms with Gasteiger partial charge in [-0.3, -0.25) is 4.79 Å². The van der Waals surface area contributed by atoms with Crippen LogP contribution in [0.25, 0.3) is 17.4 Å². The predicted octanol–water partition coefficient (Wildman–Crippen LogP) is 5.90. The lowest BCUT2D eigenvalue weighted by Crippen LogP contribution is -2.47. The molecule has 0 atom stereocenters. The molecular formula is C25H19F4N3O2S. The highest BCUT2D eigenvalue weighted by Crippen LogP contribution is 2.34. The lowest BCUT2D eigenvalue weighted by Gasteiger charge is -2.36. The molecule has 2 aliphatic rings. The number of alkyl halides is 3. The van der Waals surface area contributed by atoms with E-state index in [-0.39, 0.29) is 0 Å². The lowest BCUT2D eigenvalue weighted by molar-refractivity contribution is -0.137. The van der Waals surface area contributed by atoms with Crippen LogP contribution >= 0.6 is 11.8 Å². The third kappa shape index (κ3) is 4.97. The quantitative estimate of drug-likeness (QED) is 0.331. The number of hydrogen-bond acceptors (Lipinski definition) is 5. The van der Waals surface area contributed by atoms with Crippen LogP contribution in [-0.2, 0) is 11.0 Å². The fourth-order valence-corrected chi connectivity index (χ4v) is 4.88. The van der Waals surface area contributed by atoms with Crippen molar-refractivity contribution in [3.63, 3.8) is 0 Å². The van der Waals surface area contributed by atoms with Gasteiger partial charge in [0.25, 0.3) is 5.91 Å². The van der Waals surface area contributed by atoms with Gasteiger partial charge in [0, 0.05) is 37.9 Å².